The number of thioether (sulfide) groups is 1. The number of halogens is 1. The van der Waals surface area contributed by atoms with Gasteiger partial charge in [-0.15, -0.1) is 11.8 Å². The number of nitro benzene ring substituents is 1. The van der Waals surface area contributed by atoms with Crippen molar-refractivity contribution in [2.45, 2.75) is 12.7 Å². The lowest BCUT2D eigenvalue weighted by Gasteiger charge is -2.04. The van der Waals surface area contributed by atoms with E-state index in [2.05, 4.69) is 26.5 Å². The van der Waals surface area contributed by atoms with Crippen molar-refractivity contribution in [1.82, 2.24) is 5.43 Å². The molecular formula is C17H16BrN3O3S. The lowest BCUT2D eigenvalue weighted by Crippen LogP contribution is -2.21. The maximum atomic E-state index is 11.8. The number of nitrogens with zero attached hydrogens (tertiary/aromatic N) is 2. The smallest absolute Gasteiger partial charge is 0.269 e. The summed E-state index contributed by atoms with van der Waals surface area (Å²) in [6.07, 6.45) is 0. The summed E-state index contributed by atoms with van der Waals surface area (Å²) in [5.41, 5.74) is 5.16. The van der Waals surface area contributed by atoms with Gasteiger partial charge in [0.05, 0.1) is 16.4 Å². The standard InChI is InChI=1S/C17H16BrN3O3S/c1-12(14-3-2-4-15(18)9-14)19-20-17(22)11-25-10-13-5-7-16(8-6-13)21(23)24/h2-9H,10-11H2,1H3,(H,20,22)/b19-12-. The van der Waals surface area contributed by atoms with Gasteiger partial charge in [-0.2, -0.15) is 5.10 Å². The van der Waals surface area contributed by atoms with Crippen LogP contribution < -0.4 is 5.43 Å². The molecule has 0 saturated heterocycles. The van der Waals surface area contributed by atoms with Gasteiger partial charge in [-0.05, 0) is 30.2 Å². The maximum absolute atomic E-state index is 11.8. The second-order valence-corrected chi connectivity index (χ2v) is 7.06. The van der Waals surface area contributed by atoms with Crippen molar-refractivity contribution in [2.24, 2.45) is 5.10 Å². The molecule has 0 unspecified atom stereocenters. The number of benzene rings is 2. The Morgan fingerprint density at radius 2 is 2.00 bits per heavy atom. The first-order valence-electron chi connectivity index (χ1n) is 7.36. The number of hydrogen-bond donors (Lipinski definition) is 1. The molecule has 1 amide bonds. The Labute approximate surface area is 158 Å². The predicted octanol–water partition coefficient (Wildman–Crippen LogP) is 4.13. The van der Waals surface area contributed by atoms with Crippen molar-refractivity contribution in [3.05, 3.63) is 74.2 Å². The molecule has 2 aromatic rings. The molecule has 0 aliphatic carbocycles. The summed E-state index contributed by atoms with van der Waals surface area (Å²) in [5, 5.41) is 14.7. The highest BCUT2D eigenvalue weighted by Gasteiger charge is 2.06. The molecule has 6 nitrogen and oxygen atoms in total. The summed E-state index contributed by atoms with van der Waals surface area (Å²) in [6, 6.07) is 14.0. The number of nitro groups is 1. The maximum Gasteiger partial charge on any atom is 0.269 e. The molecule has 2 aromatic carbocycles. The van der Waals surface area contributed by atoms with Gasteiger partial charge in [0.1, 0.15) is 0 Å². The Kier molecular flexibility index (Phi) is 7.15. The van der Waals surface area contributed by atoms with E-state index in [0.717, 1.165) is 21.3 Å². The topological polar surface area (TPSA) is 84.6 Å². The van der Waals surface area contributed by atoms with Crippen molar-refractivity contribution in [2.75, 3.05) is 5.75 Å². The Morgan fingerprint density at radius 3 is 2.64 bits per heavy atom. The van der Waals surface area contributed by atoms with Gasteiger partial charge in [-0.25, -0.2) is 5.43 Å². The molecule has 0 radical (unpaired) electrons. The van der Waals surface area contributed by atoms with Gasteiger partial charge in [0.25, 0.3) is 5.69 Å². The highest BCUT2D eigenvalue weighted by atomic mass is 79.9. The number of amides is 1. The molecule has 0 aliphatic rings. The normalized spacial score (nSPS) is 11.2. The highest BCUT2D eigenvalue weighted by Crippen LogP contribution is 2.16. The molecule has 0 aliphatic heterocycles. The Hall–Kier alpha value is -2.19. The molecule has 1 N–H and O–H groups in total. The summed E-state index contributed by atoms with van der Waals surface area (Å²) in [7, 11) is 0. The van der Waals surface area contributed by atoms with Gasteiger partial charge in [0.15, 0.2) is 0 Å². The van der Waals surface area contributed by atoms with Crippen LogP contribution in [0.1, 0.15) is 18.1 Å². The fraction of sp³-hybridized carbons (Fsp3) is 0.176. The molecule has 0 heterocycles. The molecular weight excluding hydrogens is 406 g/mol. The van der Waals surface area contributed by atoms with E-state index >= 15 is 0 Å². The Bertz CT molecular complexity index is 794. The van der Waals surface area contributed by atoms with Crippen molar-refractivity contribution < 1.29 is 9.72 Å². The Morgan fingerprint density at radius 1 is 1.28 bits per heavy atom. The number of hydrogen-bond acceptors (Lipinski definition) is 5. The number of rotatable bonds is 7. The zero-order valence-electron chi connectivity index (χ0n) is 13.4. The fourth-order valence-corrected chi connectivity index (χ4v) is 3.11. The van der Waals surface area contributed by atoms with Crippen LogP contribution in [0, 0.1) is 10.1 Å². The molecule has 0 saturated carbocycles. The minimum absolute atomic E-state index is 0.0591. The van der Waals surface area contributed by atoms with Crippen LogP contribution in [0.2, 0.25) is 0 Å². The van der Waals surface area contributed by atoms with Crippen LogP contribution in [0.4, 0.5) is 5.69 Å². The number of carbonyl (C=O) groups excluding carboxylic acids is 1. The van der Waals surface area contributed by atoms with E-state index < -0.39 is 4.92 Å². The lowest BCUT2D eigenvalue weighted by atomic mass is 10.1. The van der Waals surface area contributed by atoms with E-state index in [1.54, 1.807) is 12.1 Å². The van der Waals surface area contributed by atoms with Gasteiger partial charge < -0.3 is 0 Å². The quantitative estimate of drug-likeness (QED) is 0.413. The number of hydrazone groups is 1. The first kappa shape index (κ1) is 19.1. The lowest BCUT2D eigenvalue weighted by molar-refractivity contribution is -0.384. The Balaban J connectivity index is 1.78. The minimum Gasteiger partial charge on any atom is -0.272 e. The number of nitrogens with one attached hydrogen (secondary N) is 1. The molecule has 25 heavy (non-hydrogen) atoms. The third kappa shape index (κ3) is 6.32. The average Bonchev–Trinajstić information content (AvgIpc) is 2.60. The summed E-state index contributed by atoms with van der Waals surface area (Å²) in [4.78, 5) is 22.0. The van der Waals surface area contributed by atoms with Crippen LogP contribution in [-0.4, -0.2) is 22.3 Å². The van der Waals surface area contributed by atoms with Crippen molar-refractivity contribution in [3.63, 3.8) is 0 Å². The van der Waals surface area contributed by atoms with Gasteiger partial charge in [0, 0.05) is 22.4 Å². The molecule has 0 atom stereocenters. The van der Waals surface area contributed by atoms with Gasteiger partial charge in [0.2, 0.25) is 5.91 Å². The molecule has 2 rings (SSSR count). The third-order valence-corrected chi connectivity index (χ3v) is 4.74. The number of carbonyl (C=O) groups is 1. The van der Waals surface area contributed by atoms with Crippen LogP contribution in [0.3, 0.4) is 0 Å². The number of non-ortho nitro benzene ring substituents is 1. The molecule has 130 valence electrons. The van der Waals surface area contributed by atoms with Crippen molar-refractivity contribution in [3.8, 4) is 0 Å². The third-order valence-electron chi connectivity index (χ3n) is 3.24. The second kappa shape index (κ2) is 9.33. The van der Waals surface area contributed by atoms with Gasteiger partial charge in [-0.3, -0.25) is 14.9 Å². The fourth-order valence-electron chi connectivity index (χ4n) is 1.93. The second-order valence-electron chi connectivity index (χ2n) is 5.16. The van der Waals surface area contributed by atoms with Crippen LogP contribution in [-0.2, 0) is 10.5 Å². The SMILES string of the molecule is C/C(=N/NC(=O)CSCc1ccc([N+](=O)[O-])cc1)c1cccc(Br)c1. The average molecular weight is 422 g/mol. The van der Waals surface area contributed by atoms with E-state index in [0.29, 0.717) is 5.75 Å². The monoisotopic (exact) mass is 421 g/mol. The van der Waals surface area contributed by atoms with Crippen LogP contribution in [0.15, 0.2) is 58.1 Å². The highest BCUT2D eigenvalue weighted by molar-refractivity contribution is 9.10. The summed E-state index contributed by atoms with van der Waals surface area (Å²) < 4.78 is 0.949. The molecule has 0 fully saturated rings. The van der Waals surface area contributed by atoms with E-state index in [1.807, 2.05) is 31.2 Å². The van der Waals surface area contributed by atoms with E-state index in [1.165, 1.54) is 23.9 Å². The first-order chi connectivity index (χ1) is 12.0. The largest absolute Gasteiger partial charge is 0.272 e. The summed E-state index contributed by atoms with van der Waals surface area (Å²) >= 11 is 4.82. The first-order valence-corrected chi connectivity index (χ1v) is 9.30. The van der Waals surface area contributed by atoms with E-state index in [9.17, 15) is 14.9 Å². The molecule has 8 heteroatoms. The molecule has 0 spiro atoms. The van der Waals surface area contributed by atoms with Crippen molar-refractivity contribution >= 4 is 45.0 Å². The van der Waals surface area contributed by atoms with E-state index in [-0.39, 0.29) is 17.3 Å². The van der Waals surface area contributed by atoms with Crippen LogP contribution in [0.5, 0.6) is 0 Å². The molecule has 0 bridgehead atoms. The van der Waals surface area contributed by atoms with Crippen LogP contribution >= 0.6 is 27.7 Å². The van der Waals surface area contributed by atoms with Crippen LogP contribution in [0.25, 0.3) is 0 Å². The zero-order chi connectivity index (χ0) is 18.2. The zero-order valence-corrected chi connectivity index (χ0v) is 15.8. The summed E-state index contributed by atoms with van der Waals surface area (Å²) in [6.45, 7) is 1.83. The molecule has 0 aromatic heterocycles. The predicted molar refractivity (Wildman–Crippen MR) is 104 cm³/mol. The van der Waals surface area contributed by atoms with Gasteiger partial charge in [-0.1, -0.05) is 40.2 Å². The van der Waals surface area contributed by atoms with E-state index in [4.69, 9.17) is 0 Å². The summed E-state index contributed by atoms with van der Waals surface area (Å²) in [5.74, 6) is 0.660. The van der Waals surface area contributed by atoms with Crippen molar-refractivity contribution in [1.29, 1.82) is 0 Å². The minimum atomic E-state index is -0.435. The van der Waals surface area contributed by atoms with Gasteiger partial charge >= 0.3 is 0 Å².